The monoisotopic (exact) mass is 583 g/mol. The summed E-state index contributed by atoms with van der Waals surface area (Å²) in [5, 5.41) is 0. The molecule has 1 atom stereocenters. The molecule has 3 aromatic carbocycles. The topological polar surface area (TPSA) is 90.0 Å². The average molecular weight is 584 g/mol. The first kappa shape index (κ1) is 26.6. The highest BCUT2D eigenvalue weighted by molar-refractivity contribution is 9.10. The Morgan fingerprint density at radius 1 is 0.973 bits per heavy atom. The lowest BCUT2D eigenvalue weighted by molar-refractivity contribution is -0.161. The van der Waals surface area contributed by atoms with Crippen molar-refractivity contribution in [2.45, 2.75) is 37.3 Å². The van der Waals surface area contributed by atoms with Crippen LogP contribution in [0.25, 0.3) is 0 Å². The van der Waals surface area contributed by atoms with Crippen LogP contribution in [0.15, 0.2) is 100 Å². The first-order chi connectivity index (χ1) is 17.7. The molecule has 37 heavy (non-hydrogen) atoms. The molecular formula is C28H26BrNO6S. The number of ether oxygens (including phenoxy) is 2. The van der Waals surface area contributed by atoms with Gasteiger partial charge >= 0.3 is 11.9 Å². The van der Waals surface area contributed by atoms with E-state index < -0.39 is 27.5 Å². The predicted octanol–water partition coefficient (Wildman–Crippen LogP) is 5.24. The number of hydrogen-bond donors (Lipinski definition) is 0. The summed E-state index contributed by atoms with van der Waals surface area (Å²) >= 11 is 3.39. The van der Waals surface area contributed by atoms with Crippen molar-refractivity contribution < 1.29 is 27.5 Å². The molecule has 1 heterocycles. The molecular weight excluding hydrogens is 558 g/mol. The lowest BCUT2D eigenvalue weighted by Crippen LogP contribution is -2.62. The smallest absolute Gasteiger partial charge is 0.338 e. The molecule has 7 nitrogen and oxygen atoms in total. The fourth-order valence-electron chi connectivity index (χ4n) is 4.22. The number of rotatable bonds is 8. The van der Waals surface area contributed by atoms with Gasteiger partial charge in [0.1, 0.15) is 6.61 Å². The normalized spacial score (nSPS) is 18.2. The first-order valence-corrected chi connectivity index (χ1v) is 13.9. The van der Waals surface area contributed by atoms with Crippen LogP contribution in [0.1, 0.15) is 30.0 Å². The zero-order chi connectivity index (χ0) is 26.6. The van der Waals surface area contributed by atoms with Crippen molar-refractivity contribution in [3.05, 3.63) is 112 Å². The van der Waals surface area contributed by atoms with E-state index in [0.717, 1.165) is 26.0 Å². The maximum absolute atomic E-state index is 14.0. The minimum absolute atomic E-state index is 0.00935. The molecule has 3 aromatic rings. The lowest BCUT2D eigenvalue weighted by Gasteiger charge is -2.52. The largest absolute Gasteiger partial charge is 0.463 e. The van der Waals surface area contributed by atoms with E-state index in [-0.39, 0.29) is 30.2 Å². The standard InChI is InChI=1S/C28H26BrNO6S/c1-3-35-26(31)17-24-18-28(22-11-13-23(29)14-12-22,27(32)36-19-21-7-5-4-6-8-21)30(24)37(33,34)25-15-9-20(2)10-16-25/h4-17H,3,18-19H2,1-2H3/b24-17+/t28-/m1/s1. The van der Waals surface area contributed by atoms with Gasteiger partial charge in [-0.05, 0) is 49.2 Å². The van der Waals surface area contributed by atoms with Gasteiger partial charge in [-0.25, -0.2) is 22.3 Å². The van der Waals surface area contributed by atoms with E-state index in [9.17, 15) is 18.0 Å². The van der Waals surface area contributed by atoms with Crippen molar-refractivity contribution in [3.8, 4) is 0 Å². The van der Waals surface area contributed by atoms with E-state index >= 15 is 0 Å². The number of halogens is 1. The Kier molecular flexibility index (Phi) is 7.85. The minimum Gasteiger partial charge on any atom is -0.463 e. The third-order valence-corrected chi connectivity index (χ3v) is 8.47. The summed E-state index contributed by atoms with van der Waals surface area (Å²) in [5.74, 6) is -1.43. The summed E-state index contributed by atoms with van der Waals surface area (Å²) in [6, 6.07) is 22.2. The second-order valence-electron chi connectivity index (χ2n) is 8.58. The van der Waals surface area contributed by atoms with E-state index in [1.165, 1.54) is 12.1 Å². The Morgan fingerprint density at radius 3 is 2.24 bits per heavy atom. The summed E-state index contributed by atoms with van der Waals surface area (Å²) in [6.07, 6.45) is 1.06. The molecule has 9 heteroatoms. The van der Waals surface area contributed by atoms with Crippen molar-refractivity contribution in [2.75, 3.05) is 6.61 Å². The minimum atomic E-state index is -4.28. The molecule has 1 aliphatic rings. The number of benzene rings is 3. The van der Waals surface area contributed by atoms with Gasteiger partial charge in [-0.15, -0.1) is 0 Å². The Labute approximate surface area is 224 Å². The summed E-state index contributed by atoms with van der Waals surface area (Å²) in [4.78, 5) is 26.1. The van der Waals surface area contributed by atoms with Crippen LogP contribution < -0.4 is 0 Å². The number of aryl methyl sites for hydroxylation is 1. The van der Waals surface area contributed by atoms with Crippen molar-refractivity contribution >= 4 is 37.9 Å². The molecule has 0 aromatic heterocycles. The molecule has 1 fully saturated rings. The number of nitrogens with zero attached hydrogens (tertiary/aromatic N) is 1. The molecule has 0 aliphatic carbocycles. The van der Waals surface area contributed by atoms with Crippen molar-refractivity contribution in [1.29, 1.82) is 0 Å². The van der Waals surface area contributed by atoms with Crippen LogP contribution in [0.5, 0.6) is 0 Å². The highest BCUT2D eigenvalue weighted by atomic mass is 79.9. The molecule has 1 saturated heterocycles. The lowest BCUT2D eigenvalue weighted by atomic mass is 9.78. The summed E-state index contributed by atoms with van der Waals surface area (Å²) in [5.41, 5.74) is 0.490. The Morgan fingerprint density at radius 2 is 1.62 bits per heavy atom. The average Bonchev–Trinajstić information content (AvgIpc) is 2.86. The van der Waals surface area contributed by atoms with E-state index in [4.69, 9.17) is 9.47 Å². The molecule has 1 aliphatic heterocycles. The molecule has 4 rings (SSSR count). The molecule has 0 spiro atoms. The van der Waals surface area contributed by atoms with Crippen LogP contribution >= 0.6 is 15.9 Å². The molecule has 0 radical (unpaired) electrons. The van der Waals surface area contributed by atoms with Gasteiger partial charge in [0, 0.05) is 22.7 Å². The molecule has 192 valence electrons. The quantitative estimate of drug-likeness (QED) is 0.266. The fraction of sp³-hybridized carbons (Fsp3) is 0.214. The van der Waals surface area contributed by atoms with Crippen LogP contribution in [0, 0.1) is 6.92 Å². The predicted molar refractivity (Wildman–Crippen MR) is 142 cm³/mol. The zero-order valence-electron chi connectivity index (χ0n) is 20.4. The van der Waals surface area contributed by atoms with Gasteiger partial charge < -0.3 is 9.47 Å². The number of sulfonamides is 1. The van der Waals surface area contributed by atoms with Crippen molar-refractivity contribution in [3.63, 3.8) is 0 Å². The highest BCUT2D eigenvalue weighted by Gasteiger charge is 2.61. The fourth-order valence-corrected chi connectivity index (χ4v) is 6.26. The molecule has 0 saturated carbocycles. The third-order valence-electron chi connectivity index (χ3n) is 6.05. The maximum Gasteiger partial charge on any atom is 0.338 e. The van der Waals surface area contributed by atoms with E-state index in [2.05, 4.69) is 15.9 Å². The van der Waals surface area contributed by atoms with Crippen molar-refractivity contribution in [1.82, 2.24) is 4.31 Å². The molecule has 0 amide bonds. The van der Waals surface area contributed by atoms with Gasteiger partial charge in [-0.3, -0.25) is 0 Å². The summed E-state index contributed by atoms with van der Waals surface area (Å²) in [6.45, 7) is 3.60. The van der Waals surface area contributed by atoms with Crippen LogP contribution in [-0.2, 0) is 41.2 Å². The molecule has 0 bridgehead atoms. The zero-order valence-corrected chi connectivity index (χ0v) is 22.8. The van der Waals surface area contributed by atoms with Gasteiger partial charge in [0.05, 0.1) is 11.5 Å². The van der Waals surface area contributed by atoms with Crippen LogP contribution in [0.3, 0.4) is 0 Å². The van der Waals surface area contributed by atoms with Gasteiger partial charge in [0.2, 0.25) is 0 Å². The van der Waals surface area contributed by atoms with Gasteiger partial charge in [0.25, 0.3) is 10.0 Å². The Balaban J connectivity index is 1.84. The number of hydrogen-bond acceptors (Lipinski definition) is 6. The van der Waals surface area contributed by atoms with Crippen molar-refractivity contribution in [2.24, 2.45) is 0 Å². The maximum atomic E-state index is 14.0. The van der Waals surface area contributed by atoms with Gasteiger partial charge in [0.15, 0.2) is 5.54 Å². The van der Waals surface area contributed by atoms with Crippen LogP contribution in [0.2, 0.25) is 0 Å². The molecule has 0 unspecified atom stereocenters. The van der Waals surface area contributed by atoms with Gasteiger partial charge in [-0.1, -0.05) is 76.1 Å². The molecule has 0 N–H and O–H groups in total. The SMILES string of the molecule is CCOC(=O)/C=C1\C[C@](C(=O)OCc2ccccc2)(c2ccc(Br)cc2)N1S(=O)(=O)c1ccc(C)cc1. The second-order valence-corrected chi connectivity index (χ2v) is 11.3. The van der Waals surface area contributed by atoms with E-state index in [1.54, 1.807) is 43.3 Å². The highest BCUT2D eigenvalue weighted by Crippen LogP contribution is 2.52. The van der Waals surface area contributed by atoms with Gasteiger partial charge in [-0.2, -0.15) is 0 Å². The van der Waals surface area contributed by atoms with E-state index in [1.807, 2.05) is 37.3 Å². The number of carbonyl (C=O) groups excluding carboxylic acids is 2. The summed E-state index contributed by atoms with van der Waals surface area (Å²) in [7, 11) is -4.28. The number of carbonyl (C=O) groups is 2. The first-order valence-electron chi connectivity index (χ1n) is 11.6. The second kappa shape index (κ2) is 10.9. The van der Waals surface area contributed by atoms with Crippen LogP contribution in [0.4, 0.5) is 0 Å². The Bertz CT molecular complexity index is 1420. The van der Waals surface area contributed by atoms with E-state index in [0.29, 0.717) is 5.56 Å². The number of esters is 2. The third kappa shape index (κ3) is 5.33. The summed E-state index contributed by atoms with van der Waals surface area (Å²) < 4.78 is 40.5. The van der Waals surface area contributed by atoms with Crippen LogP contribution in [-0.4, -0.2) is 31.3 Å². The Hall–Kier alpha value is -3.43.